The minimum atomic E-state index is 0.615. The highest BCUT2D eigenvalue weighted by Crippen LogP contribution is 2.44. The second-order valence-electron chi connectivity index (χ2n) is 4.55. The van der Waals surface area contributed by atoms with E-state index in [2.05, 4.69) is 32.8 Å². The lowest BCUT2D eigenvalue weighted by molar-refractivity contribution is 0.243. The first kappa shape index (κ1) is 9.05. The zero-order chi connectivity index (χ0) is 8.48. The molecule has 0 saturated heterocycles. The summed E-state index contributed by atoms with van der Waals surface area (Å²) in [5, 5.41) is 0. The molecule has 66 valence electrons. The van der Waals surface area contributed by atoms with Crippen molar-refractivity contribution < 1.29 is 0 Å². The van der Waals surface area contributed by atoms with Crippen LogP contribution in [0.15, 0.2) is 0 Å². The van der Waals surface area contributed by atoms with Crippen LogP contribution in [-0.2, 0) is 0 Å². The molecule has 0 heterocycles. The molecule has 1 heteroatoms. The lowest BCUT2D eigenvalue weighted by Gasteiger charge is -2.24. The van der Waals surface area contributed by atoms with Crippen molar-refractivity contribution in [2.24, 2.45) is 5.92 Å². The molecule has 1 rings (SSSR count). The smallest absolute Gasteiger partial charge is 0.0205 e. The molecular weight excluding hydrogens is 134 g/mol. The highest BCUT2D eigenvalue weighted by atomic mass is 15.2. The summed E-state index contributed by atoms with van der Waals surface area (Å²) in [5.74, 6) is 0.868. The Labute approximate surface area is 70.8 Å². The van der Waals surface area contributed by atoms with Gasteiger partial charge in [-0.15, -0.1) is 0 Å². The maximum Gasteiger partial charge on any atom is 0.0205 e. The minimum Gasteiger partial charge on any atom is -0.304 e. The van der Waals surface area contributed by atoms with Gasteiger partial charge in [0, 0.05) is 5.54 Å². The van der Waals surface area contributed by atoms with E-state index in [-0.39, 0.29) is 0 Å². The van der Waals surface area contributed by atoms with Crippen LogP contribution >= 0.6 is 0 Å². The molecule has 0 aromatic carbocycles. The second kappa shape index (κ2) is 3.14. The lowest BCUT2D eigenvalue weighted by Crippen LogP contribution is -2.30. The molecule has 1 saturated carbocycles. The monoisotopic (exact) mass is 155 g/mol. The molecule has 0 aromatic rings. The first-order valence-corrected chi connectivity index (χ1v) is 4.74. The Morgan fingerprint density at radius 2 is 1.82 bits per heavy atom. The molecule has 0 atom stereocenters. The van der Waals surface area contributed by atoms with Gasteiger partial charge in [-0.1, -0.05) is 13.8 Å². The van der Waals surface area contributed by atoms with Crippen molar-refractivity contribution in [1.82, 2.24) is 4.90 Å². The number of hydrogen-bond donors (Lipinski definition) is 0. The van der Waals surface area contributed by atoms with Crippen molar-refractivity contribution in [3.05, 3.63) is 0 Å². The van der Waals surface area contributed by atoms with Crippen molar-refractivity contribution >= 4 is 0 Å². The number of hydrogen-bond acceptors (Lipinski definition) is 1. The maximum atomic E-state index is 2.41. The van der Waals surface area contributed by atoms with E-state index in [1.54, 1.807) is 0 Å². The van der Waals surface area contributed by atoms with E-state index in [1.165, 1.54) is 25.7 Å². The van der Waals surface area contributed by atoms with E-state index in [0.29, 0.717) is 5.54 Å². The first-order valence-electron chi connectivity index (χ1n) is 4.74. The number of rotatable bonds is 4. The van der Waals surface area contributed by atoms with E-state index in [0.717, 1.165) is 5.92 Å². The first-order chi connectivity index (χ1) is 5.07. The molecule has 0 spiro atoms. The third kappa shape index (κ3) is 2.19. The average Bonchev–Trinajstić information content (AvgIpc) is 2.63. The van der Waals surface area contributed by atoms with Crippen LogP contribution in [0.25, 0.3) is 0 Å². The topological polar surface area (TPSA) is 3.24 Å². The fourth-order valence-electron chi connectivity index (χ4n) is 1.62. The van der Waals surface area contributed by atoms with Crippen LogP contribution < -0.4 is 0 Å². The van der Waals surface area contributed by atoms with Crippen molar-refractivity contribution in [3.63, 3.8) is 0 Å². The van der Waals surface area contributed by atoms with Gasteiger partial charge in [-0.3, -0.25) is 0 Å². The van der Waals surface area contributed by atoms with Crippen LogP contribution in [-0.4, -0.2) is 24.5 Å². The molecule has 1 aliphatic rings. The van der Waals surface area contributed by atoms with E-state index in [4.69, 9.17) is 0 Å². The Morgan fingerprint density at radius 3 is 2.09 bits per heavy atom. The summed E-state index contributed by atoms with van der Waals surface area (Å²) in [6.45, 7) is 4.62. The quantitative estimate of drug-likeness (QED) is 0.603. The van der Waals surface area contributed by atoms with Crippen molar-refractivity contribution in [2.45, 2.75) is 45.1 Å². The number of nitrogens with zero attached hydrogens (tertiary/aromatic N) is 1. The van der Waals surface area contributed by atoms with Gasteiger partial charge in [0.05, 0.1) is 0 Å². The standard InChI is InChI=1S/C10H21N/c1-9(2)5-6-10(7-8-10)11(3)4/h9H,5-8H2,1-4H3. The molecule has 1 nitrogen and oxygen atoms in total. The molecule has 0 aromatic heterocycles. The van der Waals surface area contributed by atoms with Gasteiger partial charge in [0.2, 0.25) is 0 Å². The van der Waals surface area contributed by atoms with Gasteiger partial charge < -0.3 is 4.90 Å². The van der Waals surface area contributed by atoms with Gasteiger partial charge in [0.15, 0.2) is 0 Å². The third-order valence-corrected chi connectivity index (χ3v) is 2.96. The molecule has 1 aliphatic carbocycles. The average molecular weight is 155 g/mol. The van der Waals surface area contributed by atoms with E-state index < -0.39 is 0 Å². The SMILES string of the molecule is CC(C)CCC1(N(C)C)CC1. The molecule has 0 bridgehead atoms. The molecule has 1 fully saturated rings. The van der Waals surface area contributed by atoms with E-state index in [1.807, 2.05) is 0 Å². The fourth-order valence-corrected chi connectivity index (χ4v) is 1.62. The van der Waals surface area contributed by atoms with Crippen molar-refractivity contribution in [3.8, 4) is 0 Å². The van der Waals surface area contributed by atoms with Gasteiger partial charge in [-0.2, -0.15) is 0 Å². The van der Waals surface area contributed by atoms with Crippen molar-refractivity contribution in [1.29, 1.82) is 0 Å². The Kier molecular flexibility index (Phi) is 2.58. The normalized spacial score (nSPS) is 21.3. The fraction of sp³-hybridized carbons (Fsp3) is 1.00. The molecule has 11 heavy (non-hydrogen) atoms. The molecule has 0 aliphatic heterocycles. The molecular formula is C10H21N. The largest absolute Gasteiger partial charge is 0.304 e. The van der Waals surface area contributed by atoms with Crippen LogP contribution in [0.4, 0.5) is 0 Å². The van der Waals surface area contributed by atoms with Crippen LogP contribution in [0.3, 0.4) is 0 Å². The Balaban J connectivity index is 2.25. The van der Waals surface area contributed by atoms with Gasteiger partial charge >= 0.3 is 0 Å². The zero-order valence-electron chi connectivity index (χ0n) is 8.35. The van der Waals surface area contributed by atoms with Crippen LogP contribution in [0, 0.1) is 5.92 Å². The highest BCUT2D eigenvalue weighted by Gasteiger charge is 2.43. The Hall–Kier alpha value is -0.0400. The van der Waals surface area contributed by atoms with E-state index in [9.17, 15) is 0 Å². The van der Waals surface area contributed by atoms with E-state index >= 15 is 0 Å². The maximum absolute atomic E-state index is 2.41. The van der Waals surface area contributed by atoms with Gasteiger partial charge in [0.1, 0.15) is 0 Å². The van der Waals surface area contributed by atoms with Crippen LogP contribution in [0.5, 0.6) is 0 Å². The van der Waals surface area contributed by atoms with Gasteiger partial charge in [-0.05, 0) is 45.7 Å². The molecule has 0 radical (unpaired) electrons. The third-order valence-electron chi connectivity index (χ3n) is 2.96. The summed E-state index contributed by atoms with van der Waals surface area (Å²) < 4.78 is 0. The predicted octanol–water partition coefficient (Wildman–Crippen LogP) is 2.52. The van der Waals surface area contributed by atoms with Gasteiger partial charge in [0.25, 0.3) is 0 Å². The molecule has 0 N–H and O–H groups in total. The van der Waals surface area contributed by atoms with Crippen LogP contribution in [0.2, 0.25) is 0 Å². The lowest BCUT2D eigenvalue weighted by atomic mass is 10.0. The molecule has 0 amide bonds. The predicted molar refractivity (Wildman–Crippen MR) is 49.7 cm³/mol. The Morgan fingerprint density at radius 1 is 1.27 bits per heavy atom. The highest BCUT2D eigenvalue weighted by molar-refractivity contribution is 5.01. The summed E-state index contributed by atoms with van der Waals surface area (Å²) in [5.41, 5.74) is 0.615. The van der Waals surface area contributed by atoms with Crippen molar-refractivity contribution in [2.75, 3.05) is 14.1 Å². The second-order valence-corrected chi connectivity index (χ2v) is 4.55. The summed E-state index contributed by atoms with van der Waals surface area (Å²) >= 11 is 0. The van der Waals surface area contributed by atoms with Gasteiger partial charge in [-0.25, -0.2) is 0 Å². The zero-order valence-corrected chi connectivity index (χ0v) is 8.35. The Bertz CT molecular complexity index is 123. The summed E-state index contributed by atoms with van der Waals surface area (Å²) in [6, 6.07) is 0. The summed E-state index contributed by atoms with van der Waals surface area (Å²) in [6.07, 6.45) is 5.63. The van der Waals surface area contributed by atoms with Crippen LogP contribution in [0.1, 0.15) is 39.5 Å². The molecule has 0 unspecified atom stereocenters. The minimum absolute atomic E-state index is 0.615. The summed E-state index contributed by atoms with van der Waals surface area (Å²) in [7, 11) is 4.43. The summed E-state index contributed by atoms with van der Waals surface area (Å²) in [4.78, 5) is 2.41.